The Hall–Kier alpha value is -2.44. The number of nitrogens with two attached hydrogens (primary N) is 2. The van der Waals surface area contributed by atoms with Gasteiger partial charge in [-0.2, -0.15) is 0 Å². The van der Waals surface area contributed by atoms with E-state index in [2.05, 4.69) is 47.4 Å². The van der Waals surface area contributed by atoms with E-state index in [1.165, 1.54) is 16.3 Å². The number of rotatable bonds is 9. The summed E-state index contributed by atoms with van der Waals surface area (Å²) >= 11 is 5.97. The lowest BCUT2D eigenvalue weighted by molar-refractivity contribution is -0.135. The maximum atomic E-state index is 13.1. The standard InChI is InChI=1S/C28H35ClN4O/c29-25-11-8-21(9-12-25)19-27(31)28(34)33-17-16-32(26(20-33)6-3-14-30)15-13-22-7-10-23-4-1-2-5-24(23)18-22/h1-2,4-5,7-12,18,26-27H,3,6,13-17,19-20,30-31H2. The minimum atomic E-state index is -0.541. The number of benzene rings is 3. The Morgan fingerprint density at radius 3 is 2.50 bits per heavy atom. The summed E-state index contributed by atoms with van der Waals surface area (Å²) in [5.74, 6) is 0.0295. The van der Waals surface area contributed by atoms with Crippen molar-refractivity contribution in [1.82, 2.24) is 9.80 Å². The van der Waals surface area contributed by atoms with Gasteiger partial charge in [0.25, 0.3) is 0 Å². The minimum absolute atomic E-state index is 0.0295. The maximum absolute atomic E-state index is 13.1. The van der Waals surface area contributed by atoms with Crippen LogP contribution in [0.2, 0.25) is 5.02 Å². The first-order valence-corrected chi connectivity index (χ1v) is 12.6. The molecular weight excluding hydrogens is 444 g/mol. The molecule has 1 amide bonds. The molecule has 2 atom stereocenters. The van der Waals surface area contributed by atoms with Crippen LogP contribution in [0.3, 0.4) is 0 Å². The summed E-state index contributed by atoms with van der Waals surface area (Å²) in [6.07, 6.45) is 3.46. The molecule has 0 bridgehead atoms. The molecule has 1 saturated heterocycles. The molecule has 5 nitrogen and oxygen atoms in total. The van der Waals surface area contributed by atoms with Crippen LogP contribution >= 0.6 is 11.6 Å². The van der Waals surface area contributed by atoms with Gasteiger partial charge in [0.1, 0.15) is 0 Å². The number of amides is 1. The largest absolute Gasteiger partial charge is 0.338 e. The molecule has 1 aliphatic heterocycles. The first-order valence-electron chi connectivity index (χ1n) is 12.2. The highest BCUT2D eigenvalue weighted by atomic mass is 35.5. The number of carbonyl (C=O) groups excluding carboxylic acids is 1. The highest BCUT2D eigenvalue weighted by Gasteiger charge is 2.31. The van der Waals surface area contributed by atoms with E-state index >= 15 is 0 Å². The number of hydrogen-bond acceptors (Lipinski definition) is 4. The highest BCUT2D eigenvalue weighted by Crippen LogP contribution is 2.20. The van der Waals surface area contributed by atoms with Crippen LogP contribution in [0.5, 0.6) is 0 Å². The highest BCUT2D eigenvalue weighted by molar-refractivity contribution is 6.30. The first-order chi connectivity index (χ1) is 16.5. The Bertz CT molecular complexity index is 1090. The summed E-state index contributed by atoms with van der Waals surface area (Å²) in [5, 5.41) is 3.24. The second-order valence-corrected chi connectivity index (χ2v) is 9.71. The molecule has 34 heavy (non-hydrogen) atoms. The molecule has 180 valence electrons. The third-order valence-corrected chi connectivity index (χ3v) is 7.10. The average Bonchev–Trinajstić information content (AvgIpc) is 2.87. The topological polar surface area (TPSA) is 75.6 Å². The summed E-state index contributed by atoms with van der Waals surface area (Å²) < 4.78 is 0. The van der Waals surface area contributed by atoms with E-state index in [1.807, 2.05) is 29.2 Å². The molecule has 3 aromatic rings. The van der Waals surface area contributed by atoms with Gasteiger partial charge >= 0.3 is 0 Å². The Morgan fingerprint density at radius 2 is 1.74 bits per heavy atom. The van der Waals surface area contributed by atoms with Crippen molar-refractivity contribution in [2.75, 3.05) is 32.7 Å². The van der Waals surface area contributed by atoms with Crippen molar-refractivity contribution in [1.29, 1.82) is 0 Å². The molecule has 4 rings (SSSR count). The molecule has 0 aliphatic carbocycles. The Labute approximate surface area is 207 Å². The number of fused-ring (bicyclic) bond motifs is 1. The monoisotopic (exact) mass is 478 g/mol. The van der Waals surface area contributed by atoms with E-state index in [4.69, 9.17) is 23.1 Å². The van der Waals surface area contributed by atoms with Crippen LogP contribution in [-0.2, 0) is 17.6 Å². The predicted octanol–water partition coefficient (Wildman–Crippen LogP) is 3.86. The number of carbonyl (C=O) groups is 1. The smallest absolute Gasteiger partial charge is 0.239 e. The Kier molecular flexibility index (Phi) is 8.57. The van der Waals surface area contributed by atoms with Gasteiger partial charge < -0.3 is 16.4 Å². The summed E-state index contributed by atoms with van der Waals surface area (Å²) in [6, 6.07) is 22.5. The summed E-state index contributed by atoms with van der Waals surface area (Å²) in [7, 11) is 0. The number of nitrogens with zero attached hydrogens (tertiary/aromatic N) is 2. The zero-order chi connectivity index (χ0) is 23.9. The number of hydrogen-bond donors (Lipinski definition) is 2. The van der Waals surface area contributed by atoms with E-state index in [0.29, 0.717) is 37.1 Å². The zero-order valence-electron chi connectivity index (χ0n) is 19.7. The second-order valence-electron chi connectivity index (χ2n) is 9.27. The third-order valence-electron chi connectivity index (χ3n) is 6.85. The Morgan fingerprint density at radius 1 is 1.00 bits per heavy atom. The molecular formula is C28H35ClN4O. The fourth-order valence-electron chi connectivity index (χ4n) is 4.88. The number of halogens is 1. The summed E-state index contributed by atoms with van der Waals surface area (Å²) in [5.41, 5.74) is 14.5. The first kappa shape index (κ1) is 24.7. The van der Waals surface area contributed by atoms with Gasteiger partial charge in [0.2, 0.25) is 5.91 Å². The van der Waals surface area contributed by atoms with Gasteiger partial charge in [-0.05, 0) is 66.3 Å². The predicted molar refractivity (Wildman–Crippen MR) is 141 cm³/mol. The van der Waals surface area contributed by atoms with Crippen LogP contribution in [-0.4, -0.2) is 60.5 Å². The summed E-state index contributed by atoms with van der Waals surface area (Å²) in [6.45, 7) is 3.93. The van der Waals surface area contributed by atoms with Crippen molar-refractivity contribution in [2.24, 2.45) is 11.5 Å². The fraction of sp³-hybridized carbons (Fsp3) is 0.393. The van der Waals surface area contributed by atoms with E-state index in [-0.39, 0.29) is 5.91 Å². The van der Waals surface area contributed by atoms with Gasteiger partial charge in [-0.3, -0.25) is 9.69 Å². The van der Waals surface area contributed by atoms with Gasteiger partial charge in [-0.1, -0.05) is 66.2 Å². The molecule has 3 aromatic carbocycles. The van der Waals surface area contributed by atoms with E-state index < -0.39 is 6.04 Å². The summed E-state index contributed by atoms with van der Waals surface area (Å²) in [4.78, 5) is 17.6. The fourth-order valence-corrected chi connectivity index (χ4v) is 5.00. The van der Waals surface area contributed by atoms with Gasteiger partial charge in [0, 0.05) is 37.2 Å². The molecule has 1 aliphatic rings. The lowest BCUT2D eigenvalue weighted by Gasteiger charge is -2.42. The average molecular weight is 479 g/mol. The van der Waals surface area contributed by atoms with Gasteiger partial charge in [-0.25, -0.2) is 0 Å². The van der Waals surface area contributed by atoms with Crippen molar-refractivity contribution >= 4 is 28.3 Å². The van der Waals surface area contributed by atoms with E-state index in [0.717, 1.165) is 37.9 Å². The second kappa shape index (κ2) is 11.8. The maximum Gasteiger partial charge on any atom is 0.239 e. The zero-order valence-corrected chi connectivity index (χ0v) is 20.5. The van der Waals surface area contributed by atoms with Crippen LogP contribution < -0.4 is 11.5 Å². The molecule has 6 heteroatoms. The van der Waals surface area contributed by atoms with Crippen molar-refractivity contribution in [2.45, 2.75) is 37.8 Å². The third kappa shape index (κ3) is 6.36. The van der Waals surface area contributed by atoms with Gasteiger partial charge in [0.05, 0.1) is 6.04 Å². The van der Waals surface area contributed by atoms with Crippen LogP contribution in [0.1, 0.15) is 24.0 Å². The van der Waals surface area contributed by atoms with Gasteiger partial charge in [-0.15, -0.1) is 0 Å². The molecule has 1 fully saturated rings. The van der Waals surface area contributed by atoms with Crippen molar-refractivity contribution in [3.05, 3.63) is 82.9 Å². The molecule has 0 radical (unpaired) electrons. The molecule has 1 heterocycles. The van der Waals surface area contributed by atoms with E-state index in [1.54, 1.807) is 0 Å². The van der Waals surface area contributed by atoms with Crippen LogP contribution in [0, 0.1) is 0 Å². The molecule has 0 spiro atoms. The molecule has 0 aromatic heterocycles. The number of piperazine rings is 1. The van der Waals surface area contributed by atoms with Crippen LogP contribution in [0.25, 0.3) is 10.8 Å². The van der Waals surface area contributed by atoms with Crippen LogP contribution in [0.15, 0.2) is 66.7 Å². The van der Waals surface area contributed by atoms with Crippen molar-refractivity contribution < 1.29 is 4.79 Å². The molecule has 2 unspecified atom stereocenters. The lowest BCUT2D eigenvalue weighted by Crippen LogP contribution is -2.58. The van der Waals surface area contributed by atoms with Crippen LogP contribution in [0.4, 0.5) is 0 Å². The normalized spacial score (nSPS) is 17.7. The SMILES string of the molecule is NCCCC1CN(C(=O)C(N)Cc2ccc(Cl)cc2)CCN1CCc1ccc2ccccc2c1. The Balaban J connectivity index is 1.36. The lowest BCUT2D eigenvalue weighted by atomic mass is 10.0. The van der Waals surface area contributed by atoms with Crippen molar-refractivity contribution in [3.63, 3.8) is 0 Å². The van der Waals surface area contributed by atoms with Gasteiger partial charge in [0.15, 0.2) is 0 Å². The molecule has 0 saturated carbocycles. The quantitative estimate of drug-likeness (QED) is 0.489. The van der Waals surface area contributed by atoms with E-state index in [9.17, 15) is 4.79 Å². The molecule has 4 N–H and O–H groups in total. The van der Waals surface area contributed by atoms with Crippen molar-refractivity contribution in [3.8, 4) is 0 Å². The minimum Gasteiger partial charge on any atom is -0.338 e.